The van der Waals surface area contributed by atoms with Gasteiger partial charge in [0.25, 0.3) is 0 Å². The normalized spacial score (nSPS) is 13.4. The highest BCUT2D eigenvalue weighted by Gasteiger charge is 2.06. The lowest BCUT2D eigenvalue weighted by atomic mass is 9.92. The molecule has 0 aromatic heterocycles. The molecule has 0 nitrogen and oxygen atoms in total. The van der Waals surface area contributed by atoms with Crippen molar-refractivity contribution in [2.24, 2.45) is 11.8 Å². The topological polar surface area (TPSA) is 0 Å². The molecule has 0 aliphatic rings. The van der Waals surface area contributed by atoms with Gasteiger partial charge in [0.1, 0.15) is 0 Å². The summed E-state index contributed by atoms with van der Waals surface area (Å²) in [6, 6.07) is 0. The number of hydrogen-bond acceptors (Lipinski definition) is 0. The third-order valence-corrected chi connectivity index (χ3v) is 8.24. The van der Waals surface area contributed by atoms with E-state index in [0.717, 1.165) is 11.8 Å². The minimum atomic E-state index is 0.956. The maximum Gasteiger partial charge on any atom is -0.0443 e. The molecule has 0 amide bonds. The van der Waals surface area contributed by atoms with E-state index in [1.54, 1.807) is 0 Å². The summed E-state index contributed by atoms with van der Waals surface area (Å²) in [5.74, 6) is 1.91. The summed E-state index contributed by atoms with van der Waals surface area (Å²) in [6.45, 7) is 9.63. The van der Waals surface area contributed by atoms with Crippen molar-refractivity contribution in [1.29, 1.82) is 0 Å². The number of unbranched alkanes of at least 4 members (excludes halogenated alkanes) is 21. The van der Waals surface area contributed by atoms with Gasteiger partial charge in [-0.25, -0.2) is 0 Å². The summed E-state index contributed by atoms with van der Waals surface area (Å²) < 4.78 is 0. The smallest absolute Gasteiger partial charge is 0.0443 e. The molecule has 0 aliphatic heterocycles. The minimum absolute atomic E-state index is 0.956. The molecule has 0 aromatic carbocycles. The molecule has 2 unspecified atom stereocenters. The Balaban J connectivity index is 3.26. The van der Waals surface area contributed by atoms with Crippen LogP contribution in [0.1, 0.15) is 207 Å². The molecule has 0 rings (SSSR count). The van der Waals surface area contributed by atoms with Crippen molar-refractivity contribution in [2.75, 3.05) is 0 Å². The van der Waals surface area contributed by atoms with Crippen molar-refractivity contribution >= 4 is 0 Å². The average molecular weight is 479 g/mol. The number of rotatable bonds is 29. The van der Waals surface area contributed by atoms with Gasteiger partial charge in [-0.15, -0.1) is 0 Å². The standard InChI is InChI=1S/C34H70/c1-5-7-9-11-13-15-17-18-19-21-23-25-27-30-34(4)32-28-31-33(3)29-26-24-22-20-16-14-12-10-8-6-2/h33-34H,5-32H2,1-4H3. The lowest BCUT2D eigenvalue weighted by molar-refractivity contribution is 0.390. The Morgan fingerprint density at radius 1 is 0.265 bits per heavy atom. The largest absolute Gasteiger partial charge is 0.0654 e. The highest BCUT2D eigenvalue weighted by atomic mass is 14.1. The Morgan fingerprint density at radius 2 is 0.471 bits per heavy atom. The van der Waals surface area contributed by atoms with E-state index in [9.17, 15) is 0 Å². The summed E-state index contributed by atoms with van der Waals surface area (Å²) in [4.78, 5) is 0. The van der Waals surface area contributed by atoms with Crippen molar-refractivity contribution in [2.45, 2.75) is 207 Å². The summed E-state index contributed by atoms with van der Waals surface area (Å²) >= 11 is 0. The Bertz CT molecular complexity index is 346. The van der Waals surface area contributed by atoms with Crippen LogP contribution >= 0.6 is 0 Å². The fourth-order valence-electron chi connectivity index (χ4n) is 5.59. The van der Waals surface area contributed by atoms with Crippen LogP contribution in [0.15, 0.2) is 0 Å². The van der Waals surface area contributed by atoms with Crippen molar-refractivity contribution in [3.05, 3.63) is 0 Å². The van der Waals surface area contributed by atoms with Crippen molar-refractivity contribution in [3.8, 4) is 0 Å². The van der Waals surface area contributed by atoms with Crippen LogP contribution < -0.4 is 0 Å². The summed E-state index contributed by atoms with van der Waals surface area (Å²) in [5, 5.41) is 0. The van der Waals surface area contributed by atoms with E-state index in [1.807, 2.05) is 0 Å². The Morgan fingerprint density at radius 3 is 0.735 bits per heavy atom. The van der Waals surface area contributed by atoms with Crippen LogP contribution in [0.4, 0.5) is 0 Å². The van der Waals surface area contributed by atoms with Crippen LogP contribution in [0.3, 0.4) is 0 Å². The van der Waals surface area contributed by atoms with Crippen molar-refractivity contribution in [1.82, 2.24) is 0 Å². The molecule has 0 saturated heterocycles. The van der Waals surface area contributed by atoms with Gasteiger partial charge < -0.3 is 0 Å². The molecule has 0 aliphatic carbocycles. The van der Waals surface area contributed by atoms with Gasteiger partial charge in [-0.3, -0.25) is 0 Å². The molecule has 0 radical (unpaired) electrons. The van der Waals surface area contributed by atoms with Crippen LogP contribution in [0.2, 0.25) is 0 Å². The van der Waals surface area contributed by atoms with E-state index in [-0.39, 0.29) is 0 Å². The molecule has 0 fully saturated rings. The zero-order valence-corrected chi connectivity index (χ0v) is 25.0. The lowest BCUT2D eigenvalue weighted by Gasteiger charge is -2.14. The van der Waals surface area contributed by atoms with Gasteiger partial charge in [0.05, 0.1) is 0 Å². The van der Waals surface area contributed by atoms with Gasteiger partial charge in [-0.2, -0.15) is 0 Å². The van der Waals surface area contributed by atoms with Crippen LogP contribution in [-0.4, -0.2) is 0 Å². The quantitative estimate of drug-likeness (QED) is 0.0937. The first-order valence-corrected chi connectivity index (χ1v) is 16.7. The molecule has 206 valence electrons. The van der Waals surface area contributed by atoms with E-state index in [4.69, 9.17) is 0 Å². The lowest BCUT2D eigenvalue weighted by Crippen LogP contribution is -1.99. The van der Waals surface area contributed by atoms with E-state index in [1.165, 1.54) is 180 Å². The fourth-order valence-corrected chi connectivity index (χ4v) is 5.59. The molecule has 0 spiro atoms. The molecule has 0 aromatic rings. The first-order valence-electron chi connectivity index (χ1n) is 16.7. The fraction of sp³-hybridized carbons (Fsp3) is 1.00. The van der Waals surface area contributed by atoms with Gasteiger partial charge in [-0.1, -0.05) is 207 Å². The molecule has 0 heteroatoms. The second-order valence-corrected chi connectivity index (χ2v) is 12.1. The predicted octanol–water partition coefficient (Wildman–Crippen LogP) is 13.2. The maximum absolute atomic E-state index is 2.51. The first-order chi connectivity index (χ1) is 16.7. The van der Waals surface area contributed by atoms with E-state index < -0.39 is 0 Å². The molecular formula is C34H70. The highest BCUT2D eigenvalue weighted by Crippen LogP contribution is 2.22. The van der Waals surface area contributed by atoms with Crippen LogP contribution in [0.5, 0.6) is 0 Å². The zero-order chi connectivity index (χ0) is 25.0. The van der Waals surface area contributed by atoms with E-state index in [0.29, 0.717) is 0 Å². The molecule has 0 bridgehead atoms. The Kier molecular flexibility index (Phi) is 29.2. The molecular weight excluding hydrogens is 408 g/mol. The molecule has 0 N–H and O–H groups in total. The third kappa shape index (κ3) is 28.2. The first kappa shape index (κ1) is 34.0. The second-order valence-electron chi connectivity index (χ2n) is 12.1. The van der Waals surface area contributed by atoms with Crippen LogP contribution in [-0.2, 0) is 0 Å². The SMILES string of the molecule is CCCCCCCCCCCCCCCC(C)CCCC(C)CCCCCCCCCCCC. The van der Waals surface area contributed by atoms with Gasteiger partial charge in [0.15, 0.2) is 0 Å². The molecule has 0 saturated carbocycles. The van der Waals surface area contributed by atoms with Crippen molar-refractivity contribution in [3.63, 3.8) is 0 Å². The Labute approximate surface area is 219 Å². The number of hydrogen-bond donors (Lipinski definition) is 0. The maximum atomic E-state index is 2.51. The summed E-state index contributed by atoms with van der Waals surface area (Å²) in [7, 11) is 0. The highest BCUT2D eigenvalue weighted by molar-refractivity contribution is 4.59. The van der Waals surface area contributed by atoms with Gasteiger partial charge in [-0.05, 0) is 11.8 Å². The Hall–Kier alpha value is 0. The molecule has 2 atom stereocenters. The van der Waals surface area contributed by atoms with Gasteiger partial charge in [0, 0.05) is 0 Å². The summed E-state index contributed by atoms with van der Waals surface area (Å²) in [5.41, 5.74) is 0. The van der Waals surface area contributed by atoms with Crippen LogP contribution in [0, 0.1) is 11.8 Å². The summed E-state index contributed by atoms with van der Waals surface area (Å²) in [6.07, 6.45) is 41.1. The van der Waals surface area contributed by atoms with E-state index >= 15 is 0 Å². The third-order valence-electron chi connectivity index (χ3n) is 8.24. The van der Waals surface area contributed by atoms with E-state index in [2.05, 4.69) is 27.7 Å². The minimum Gasteiger partial charge on any atom is -0.0654 e. The molecule has 0 heterocycles. The molecule has 34 heavy (non-hydrogen) atoms. The average Bonchev–Trinajstić information content (AvgIpc) is 2.83. The van der Waals surface area contributed by atoms with Gasteiger partial charge in [0.2, 0.25) is 0 Å². The monoisotopic (exact) mass is 479 g/mol. The zero-order valence-electron chi connectivity index (χ0n) is 25.0. The predicted molar refractivity (Wildman–Crippen MR) is 159 cm³/mol. The van der Waals surface area contributed by atoms with Crippen molar-refractivity contribution < 1.29 is 0 Å². The van der Waals surface area contributed by atoms with Crippen LogP contribution in [0.25, 0.3) is 0 Å². The second kappa shape index (κ2) is 29.2. The van der Waals surface area contributed by atoms with Gasteiger partial charge >= 0.3 is 0 Å².